The Hall–Kier alpha value is 1.34. The van der Waals surface area contributed by atoms with Crippen molar-refractivity contribution in [2.45, 2.75) is 0 Å². The second-order valence-corrected chi connectivity index (χ2v) is 5.79. The van der Waals surface area contributed by atoms with Gasteiger partial charge in [0, 0.05) is 17.9 Å². The standard InChI is InChI=1S/C8H2Br4O4.Ca.2H/c9-3-1(7(13)14)2(8(15)16)4(10)6(12)5(3)11;;;/h(H,13,14)(H,15,16);;;. The molecule has 2 N–H and O–H groups in total. The first-order valence-electron chi connectivity index (χ1n) is 3.61. The van der Waals surface area contributed by atoms with Gasteiger partial charge < -0.3 is 10.2 Å². The van der Waals surface area contributed by atoms with E-state index in [4.69, 9.17) is 10.2 Å². The summed E-state index contributed by atoms with van der Waals surface area (Å²) in [5.41, 5.74) is -0.621. The van der Waals surface area contributed by atoms with E-state index in [1.165, 1.54) is 0 Å². The zero-order chi connectivity index (χ0) is 12.6. The van der Waals surface area contributed by atoms with E-state index in [0.717, 1.165) is 0 Å². The fraction of sp³-hybridized carbons (Fsp3) is 0. The van der Waals surface area contributed by atoms with Crippen LogP contribution in [0.5, 0.6) is 0 Å². The molecule has 90 valence electrons. The summed E-state index contributed by atoms with van der Waals surface area (Å²) in [5, 5.41) is 18.0. The van der Waals surface area contributed by atoms with E-state index in [9.17, 15) is 9.59 Å². The van der Waals surface area contributed by atoms with Gasteiger partial charge in [-0.1, -0.05) is 0 Å². The molecule has 1 aromatic carbocycles. The van der Waals surface area contributed by atoms with Gasteiger partial charge in [0.05, 0.1) is 11.1 Å². The maximum absolute atomic E-state index is 11.0. The van der Waals surface area contributed by atoms with Crippen LogP contribution in [0.1, 0.15) is 20.7 Å². The fourth-order valence-corrected chi connectivity index (χ4v) is 3.49. The van der Waals surface area contributed by atoms with Crippen molar-refractivity contribution >= 4 is 113 Å². The van der Waals surface area contributed by atoms with Gasteiger partial charge in [-0.25, -0.2) is 9.59 Å². The van der Waals surface area contributed by atoms with E-state index in [1.54, 1.807) is 0 Å². The molecule has 0 saturated heterocycles. The molecule has 9 heteroatoms. The van der Waals surface area contributed by atoms with Gasteiger partial charge in [0.1, 0.15) is 0 Å². The van der Waals surface area contributed by atoms with Crippen molar-refractivity contribution in [3.63, 3.8) is 0 Å². The van der Waals surface area contributed by atoms with E-state index in [-0.39, 0.29) is 57.8 Å². The number of carboxylic acid groups (broad SMARTS) is 2. The van der Waals surface area contributed by atoms with Crippen LogP contribution in [0.15, 0.2) is 17.9 Å². The van der Waals surface area contributed by atoms with Crippen LogP contribution in [0.3, 0.4) is 0 Å². The average Bonchev–Trinajstić information content (AvgIpc) is 2.18. The fourth-order valence-electron chi connectivity index (χ4n) is 1.03. The molecule has 0 radical (unpaired) electrons. The first-order chi connectivity index (χ1) is 7.29. The van der Waals surface area contributed by atoms with E-state index in [2.05, 4.69) is 63.7 Å². The van der Waals surface area contributed by atoms with Crippen molar-refractivity contribution in [3.8, 4) is 0 Å². The van der Waals surface area contributed by atoms with Crippen LogP contribution >= 0.6 is 63.7 Å². The van der Waals surface area contributed by atoms with Gasteiger partial charge in [-0.15, -0.1) is 0 Å². The molecule has 0 unspecified atom stereocenters. The summed E-state index contributed by atoms with van der Waals surface area (Å²) in [5.74, 6) is -2.64. The molecule has 17 heavy (non-hydrogen) atoms. The number of hydrogen-bond donors (Lipinski definition) is 2. The molecule has 1 aromatic rings. The third-order valence-electron chi connectivity index (χ3n) is 1.69. The molecule has 0 spiro atoms. The van der Waals surface area contributed by atoms with Crippen molar-refractivity contribution in [3.05, 3.63) is 29.0 Å². The summed E-state index contributed by atoms with van der Waals surface area (Å²) in [4.78, 5) is 22.0. The Morgan fingerprint density at radius 3 is 1.12 bits per heavy atom. The van der Waals surface area contributed by atoms with Crippen LogP contribution in [0.2, 0.25) is 0 Å². The molecule has 0 aliphatic heterocycles. The summed E-state index contributed by atoms with van der Waals surface area (Å²) >= 11 is 12.4. The third-order valence-corrected chi connectivity index (χ3v) is 6.46. The van der Waals surface area contributed by atoms with Gasteiger partial charge in [-0.3, -0.25) is 0 Å². The summed E-state index contributed by atoms with van der Waals surface area (Å²) in [6.07, 6.45) is 0. The minimum absolute atomic E-state index is 0. The van der Waals surface area contributed by atoms with E-state index >= 15 is 0 Å². The van der Waals surface area contributed by atoms with Crippen molar-refractivity contribution in [1.82, 2.24) is 0 Å². The van der Waals surface area contributed by atoms with E-state index < -0.39 is 11.9 Å². The molecule has 1 rings (SSSR count). The van der Waals surface area contributed by atoms with Crippen LogP contribution in [0, 0.1) is 0 Å². The van der Waals surface area contributed by atoms with Crippen LogP contribution in [-0.2, 0) is 0 Å². The van der Waals surface area contributed by atoms with Gasteiger partial charge in [-0.2, -0.15) is 0 Å². The molecule has 0 aliphatic rings. The summed E-state index contributed by atoms with van der Waals surface area (Å²) in [6.45, 7) is 0. The quantitative estimate of drug-likeness (QED) is 0.355. The second-order valence-electron chi connectivity index (χ2n) is 2.62. The Balaban J connectivity index is 0.00000256. The molecule has 0 aliphatic carbocycles. The van der Waals surface area contributed by atoms with Crippen molar-refractivity contribution in [2.24, 2.45) is 0 Å². The van der Waals surface area contributed by atoms with Crippen LogP contribution in [-0.4, -0.2) is 59.9 Å². The van der Waals surface area contributed by atoms with Crippen molar-refractivity contribution < 1.29 is 19.8 Å². The van der Waals surface area contributed by atoms with Gasteiger partial charge in [0.25, 0.3) is 0 Å². The van der Waals surface area contributed by atoms with Crippen LogP contribution < -0.4 is 0 Å². The minimum atomic E-state index is -1.32. The van der Waals surface area contributed by atoms with E-state index in [0.29, 0.717) is 8.95 Å². The Morgan fingerprint density at radius 2 is 0.941 bits per heavy atom. The van der Waals surface area contributed by atoms with Crippen LogP contribution in [0.4, 0.5) is 0 Å². The number of carbonyl (C=O) groups is 2. The first-order valence-corrected chi connectivity index (χ1v) is 6.78. The number of aromatic carboxylic acids is 2. The molecule has 0 amide bonds. The van der Waals surface area contributed by atoms with Gasteiger partial charge >= 0.3 is 49.7 Å². The predicted molar refractivity (Wildman–Crippen MR) is 79.7 cm³/mol. The molecule has 0 heterocycles. The number of halogens is 4. The Labute approximate surface area is 160 Å². The maximum atomic E-state index is 11.0. The zero-order valence-electron chi connectivity index (χ0n) is 7.22. The van der Waals surface area contributed by atoms with E-state index in [1.807, 2.05) is 0 Å². The average molecular weight is 524 g/mol. The van der Waals surface area contributed by atoms with Crippen LogP contribution in [0.25, 0.3) is 0 Å². The molecule has 0 fully saturated rings. The second kappa shape index (κ2) is 7.21. The Bertz CT molecular complexity index is 458. The molecular weight excluding hydrogens is 520 g/mol. The molecular formula is C8H4Br4CaO4. The van der Waals surface area contributed by atoms with Gasteiger partial charge in [-0.05, 0) is 63.7 Å². The van der Waals surface area contributed by atoms with Crippen molar-refractivity contribution in [2.75, 3.05) is 0 Å². The van der Waals surface area contributed by atoms with Gasteiger partial charge in [0.15, 0.2) is 0 Å². The topological polar surface area (TPSA) is 74.6 Å². The molecule has 0 saturated carbocycles. The zero-order valence-corrected chi connectivity index (χ0v) is 13.6. The predicted octanol–water partition coefficient (Wildman–Crippen LogP) is 3.22. The monoisotopic (exact) mass is 520 g/mol. The number of benzene rings is 1. The molecule has 0 atom stereocenters. The number of rotatable bonds is 2. The summed E-state index contributed by atoms with van der Waals surface area (Å²) < 4.78 is 1.21. The Kier molecular flexibility index (Phi) is 7.78. The normalized spacial score (nSPS) is 9.65. The SMILES string of the molecule is O=C(O)c1c(Br)c(Br)c(Br)c(Br)c1C(=O)O.[CaH2]. The third kappa shape index (κ3) is 3.67. The molecule has 0 bridgehead atoms. The Morgan fingerprint density at radius 1 is 0.706 bits per heavy atom. The molecule has 4 nitrogen and oxygen atoms in total. The van der Waals surface area contributed by atoms with Crippen molar-refractivity contribution in [1.29, 1.82) is 0 Å². The molecule has 0 aromatic heterocycles. The number of hydrogen-bond acceptors (Lipinski definition) is 2. The number of carboxylic acids is 2. The summed E-state index contributed by atoms with van der Waals surface area (Å²) in [6, 6.07) is 0. The van der Waals surface area contributed by atoms with Gasteiger partial charge in [0.2, 0.25) is 0 Å². The summed E-state index contributed by atoms with van der Waals surface area (Å²) in [7, 11) is 0. The first kappa shape index (κ1) is 18.3.